The Kier molecular flexibility index (Phi) is 3.11. The molecular weight excluding hydrogens is 238 g/mol. The second-order valence-electron chi connectivity index (χ2n) is 4.44. The van der Waals surface area contributed by atoms with Crippen LogP contribution in [0.1, 0.15) is 18.9 Å². The van der Waals surface area contributed by atoms with Crippen LogP contribution in [0, 0.1) is 0 Å². The zero-order valence-corrected chi connectivity index (χ0v) is 11.2. The third-order valence-corrected chi connectivity index (χ3v) is 4.10. The number of nitrogens with zero attached hydrogens (tertiary/aromatic N) is 1. The van der Waals surface area contributed by atoms with Gasteiger partial charge in [-0.05, 0) is 24.1 Å². The summed E-state index contributed by atoms with van der Waals surface area (Å²) in [5.74, 6) is 0. The highest BCUT2D eigenvalue weighted by molar-refractivity contribution is 7.21. The van der Waals surface area contributed by atoms with E-state index in [4.69, 9.17) is 4.98 Å². The Morgan fingerprint density at radius 3 is 2.67 bits per heavy atom. The molecule has 0 amide bonds. The van der Waals surface area contributed by atoms with E-state index in [1.165, 1.54) is 22.2 Å². The van der Waals surface area contributed by atoms with Crippen LogP contribution >= 0.6 is 11.3 Å². The molecular formula is C16H15NS. The van der Waals surface area contributed by atoms with Gasteiger partial charge in [0.15, 0.2) is 0 Å². The molecule has 0 spiro atoms. The zero-order valence-electron chi connectivity index (χ0n) is 10.4. The predicted molar refractivity (Wildman–Crippen MR) is 79.1 cm³/mol. The summed E-state index contributed by atoms with van der Waals surface area (Å²) < 4.78 is 1.27. The Balaban J connectivity index is 2.06. The van der Waals surface area contributed by atoms with Crippen LogP contribution in [0.5, 0.6) is 0 Å². The average Bonchev–Trinajstić information content (AvgIpc) is 2.83. The van der Waals surface area contributed by atoms with Crippen LogP contribution in [0.15, 0.2) is 48.5 Å². The molecule has 1 nitrogen and oxygen atoms in total. The minimum Gasteiger partial charge on any atom is -0.236 e. The number of hydrogen-bond donors (Lipinski definition) is 0. The maximum absolute atomic E-state index is 4.74. The third kappa shape index (κ3) is 2.16. The quantitative estimate of drug-likeness (QED) is 0.646. The molecule has 3 rings (SSSR count). The topological polar surface area (TPSA) is 12.9 Å². The Bertz CT molecular complexity index is 655. The molecule has 0 aliphatic carbocycles. The minimum absolute atomic E-state index is 1.11. The first-order chi connectivity index (χ1) is 8.86. The molecule has 0 fully saturated rings. The van der Waals surface area contributed by atoms with E-state index in [-0.39, 0.29) is 0 Å². The van der Waals surface area contributed by atoms with Crippen molar-refractivity contribution in [3.05, 3.63) is 54.1 Å². The van der Waals surface area contributed by atoms with Gasteiger partial charge in [-0.3, -0.25) is 0 Å². The van der Waals surface area contributed by atoms with Crippen molar-refractivity contribution in [3.8, 4) is 10.6 Å². The second-order valence-corrected chi connectivity index (χ2v) is 5.47. The summed E-state index contributed by atoms with van der Waals surface area (Å²) in [6.07, 6.45) is 2.31. The fourth-order valence-electron chi connectivity index (χ4n) is 2.12. The summed E-state index contributed by atoms with van der Waals surface area (Å²) in [5.41, 5.74) is 3.72. The van der Waals surface area contributed by atoms with E-state index in [2.05, 4.69) is 49.4 Å². The lowest BCUT2D eigenvalue weighted by Gasteiger charge is -1.96. The molecule has 1 heterocycles. The molecule has 0 saturated carbocycles. The lowest BCUT2D eigenvalue weighted by molar-refractivity contribution is 0.923. The van der Waals surface area contributed by atoms with E-state index in [9.17, 15) is 0 Å². The van der Waals surface area contributed by atoms with Crippen molar-refractivity contribution in [1.29, 1.82) is 0 Å². The highest BCUT2D eigenvalue weighted by Gasteiger charge is 2.06. The van der Waals surface area contributed by atoms with Gasteiger partial charge in [0.2, 0.25) is 0 Å². The number of benzene rings is 2. The van der Waals surface area contributed by atoms with Gasteiger partial charge in [-0.15, -0.1) is 11.3 Å². The maximum Gasteiger partial charge on any atom is 0.124 e. The fraction of sp³-hybridized carbons (Fsp3) is 0.188. The monoisotopic (exact) mass is 253 g/mol. The lowest BCUT2D eigenvalue weighted by Crippen LogP contribution is -1.81. The number of fused-ring (bicyclic) bond motifs is 1. The van der Waals surface area contributed by atoms with Crippen LogP contribution in [0.25, 0.3) is 20.8 Å². The molecule has 18 heavy (non-hydrogen) atoms. The van der Waals surface area contributed by atoms with Gasteiger partial charge in [0.05, 0.1) is 10.2 Å². The van der Waals surface area contributed by atoms with Crippen LogP contribution < -0.4 is 0 Å². The van der Waals surface area contributed by atoms with Gasteiger partial charge < -0.3 is 0 Å². The van der Waals surface area contributed by atoms with Gasteiger partial charge >= 0.3 is 0 Å². The summed E-state index contributed by atoms with van der Waals surface area (Å²) in [4.78, 5) is 4.74. The number of aromatic nitrogens is 1. The maximum atomic E-state index is 4.74. The standard InChI is InChI=1S/C16H15NS/c1-2-6-12-9-10-15-14(11-12)17-16(18-15)13-7-4-3-5-8-13/h3-5,7-11H,2,6H2,1H3. The molecule has 0 saturated heterocycles. The molecule has 2 aromatic carbocycles. The molecule has 0 bridgehead atoms. The summed E-state index contributed by atoms with van der Waals surface area (Å²) in [5, 5.41) is 1.11. The predicted octanol–water partition coefficient (Wildman–Crippen LogP) is 4.92. The Labute approximate surface area is 111 Å². The molecule has 3 aromatic rings. The van der Waals surface area contributed by atoms with Gasteiger partial charge in [0.25, 0.3) is 0 Å². The zero-order chi connectivity index (χ0) is 12.4. The molecule has 0 N–H and O–H groups in total. The van der Waals surface area contributed by atoms with Crippen molar-refractivity contribution in [2.24, 2.45) is 0 Å². The van der Waals surface area contributed by atoms with E-state index < -0.39 is 0 Å². The smallest absolute Gasteiger partial charge is 0.124 e. The van der Waals surface area contributed by atoms with Crippen molar-refractivity contribution in [2.75, 3.05) is 0 Å². The minimum atomic E-state index is 1.11. The summed E-state index contributed by atoms with van der Waals surface area (Å²) in [7, 11) is 0. The molecule has 0 atom stereocenters. The van der Waals surface area contributed by atoms with Crippen LogP contribution in [-0.2, 0) is 6.42 Å². The second kappa shape index (κ2) is 4.91. The number of rotatable bonds is 3. The first-order valence-corrected chi connectivity index (χ1v) is 7.13. The van der Waals surface area contributed by atoms with Crippen molar-refractivity contribution in [3.63, 3.8) is 0 Å². The Hall–Kier alpha value is -1.67. The normalized spacial score (nSPS) is 10.9. The van der Waals surface area contributed by atoms with Crippen LogP contribution in [0.4, 0.5) is 0 Å². The summed E-state index contributed by atoms with van der Waals surface area (Å²) in [6.45, 7) is 2.21. The lowest BCUT2D eigenvalue weighted by atomic mass is 10.1. The van der Waals surface area contributed by atoms with Gasteiger partial charge in [-0.25, -0.2) is 4.98 Å². The number of thiazole rings is 1. The van der Waals surface area contributed by atoms with Crippen LogP contribution in [0.2, 0.25) is 0 Å². The highest BCUT2D eigenvalue weighted by atomic mass is 32.1. The van der Waals surface area contributed by atoms with E-state index in [1.807, 2.05) is 6.07 Å². The third-order valence-electron chi connectivity index (χ3n) is 3.01. The first-order valence-electron chi connectivity index (χ1n) is 6.31. The van der Waals surface area contributed by atoms with E-state index in [0.29, 0.717) is 0 Å². The average molecular weight is 253 g/mol. The molecule has 2 heteroatoms. The van der Waals surface area contributed by atoms with E-state index >= 15 is 0 Å². The van der Waals surface area contributed by atoms with Crippen molar-refractivity contribution < 1.29 is 0 Å². The Morgan fingerprint density at radius 2 is 1.89 bits per heavy atom. The van der Waals surface area contributed by atoms with Crippen LogP contribution in [0.3, 0.4) is 0 Å². The van der Waals surface area contributed by atoms with Crippen molar-refractivity contribution in [1.82, 2.24) is 4.98 Å². The fourth-order valence-corrected chi connectivity index (χ4v) is 3.07. The largest absolute Gasteiger partial charge is 0.236 e. The SMILES string of the molecule is CCCc1ccc2sc(-c3ccccc3)nc2c1. The Morgan fingerprint density at radius 1 is 1.06 bits per heavy atom. The van der Waals surface area contributed by atoms with E-state index in [1.54, 1.807) is 11.3 Å². The molecule has 90 valence electrons. The van der Waals surface area contributed by atoms with Crippen LogP contribution in [-0.4, -0.2) is 4.98 Å². The summed E-state index contributed by atoms with van der Waals surface area (Å²) in [6, 6.07) is 17.0. The molecule has 0 radical (unpaired) electrons. The molecule has 0 aliphatic heterocycles. The van der Waals surface area contributed by atoms with Gasteiger partial charge in [0.1, 0.15) is 5.01 Å². The highest BCUT2D eigenvalue weighted by Crippen LogP contribution is 2.30. The molecule has 0 aliphatic rings. The van der Waals surface area contributed by atoms with Crippen molar-refractivity contribution in [2.45, 2.75) is 19.8 Å². The van der Waals surface area contributed by atoms with Gasteiger partial charge in [-0.2, -0.15) is 0 Å². The number of hydrogen-bond acceptors (Lipinski definition) is 2. The summed E-state index contributed by atoms with van der Waals surface area (Å²) >= 11 is 1.77. The van der Waals surface area contributed by atoms with E-state index in [0.717, 1.165) is 16.9 Å². The number of aryl methyl sites for hydroxylation is 1. The van der Waals surface area contributed by atoms with Gasteiger partial charge in [0, 0.05) is 5.56 Å². The molecule has 0 unspecified atom stereocenters. The van der Waals surface area contributed by atoms with Crippen molar-refractivity contribution >= 4 is 21.6 Å². The molecule has 1 aromatic heterocycles. The van der Waals surface area contributed by atoms with Gasteiger partial charge in [-0.1, -0.05) is 49.7 Å². The first kappa shape index (κ1) is 11.4.